The molecule has 3 heterocycles. The minimum Gasteiger partial charge on any atom is -0.366 e. The van der Waals surface area contributed by atoms with Gasteiger partial charge in [-0.25, -0.2) is 0 Å². The predicted octanol–water partition coefficient (Wildman–Crippen LogP) is -0.906. The van der Waals surface area contributed by atoms with E-state index in [1.54, 1.807) is 0 Å². The molecule has 0 radical (unpaired) electrons. The van der Waals surface area contributed by atoms with Gasteiger partial charge in [-0.2, -0.15) is 0 Å². The summed E-state index contributed by atoms with van der Waals surface area (Å²) in [6.07, 6.45) is -0.436. The Morgan fingerprint density at radius 3 is 2.50 bits per heavy atom. The summed E-state index contributed by atoms with van der Waals surface area (Å²) in [7, 11) is 0. The first-order valence-corrected chi connectivity index (χ1v) is 4.57. The molecule has 3 fully saturated rings. The third-order valence-electron chi connectivity index (χ3n) is 3.28. The maximum Gasteiger partial charge on any atom is 0.173 e. The van der Waals surface area contributed by atoms with Crippen LogP contribution in [0.25, 0.3) is 0 Å². The molecule has 3 rings (SSSR count). The summed E-state index contributed by atoms with van der Waals surface area (Å²) in [6, 6.07) is 1.77. The standard InChI is InChI=1S/C8H14N2O2/c1-3-5(9-3)7-10-4(2)6(10)8(11)12-7/h3-9,11H,1-2H3/t3-,4-,5+,6+,7-,8-,10?/m0/s1. The fourth-order valence-corrected chi connectivity index (χ4v) is 2.32. The normalized spacial score (nSPS) is 67.8. The molecule has 0 aliphatic carbocycles. The lowest BCUT2D eigenvalue weighted by Crippen LogP contribution is -2.30. The summed E-state index contributed by atoms with van der Waals surface area (Å²) in [4.78, 5) is 2.24. The van der Waals surface area contributed by atoms with Gasteiger partial charge >= 0.3 is 0 Å². The quantitative estimate of drug-likeness (QED) is 0.500. The van der Waals surface area contributed by atoms with Crippen molar-refractivity contribution in [3.63, 3.8) is 0 Å². The van der Waals surface area contributed by atoms with Crippen LogP contribution in [0.3, 0.4) is 0 Å². The number of nitrogens with zero attached hydrogens (tertiary/aromatic N) is 1. The number of hydrogen-bond donors (Lipinski definition) is 2. The van der Waals surface area contributed by atoms with Crippen molar-refractivity contribution in [3.8, 4) is 0 Å². The van der Waals surface area contributed by atoms with Gasteiger partial charge in [-0.15, -0.1) is 0 Å². The van der Waals surface area contributed by atoms with E-state index >= 15 is 0 Å². The minimum atomic E-state index is -0.556. The van der Waals surface area contributed by atoms with Crippen molar-refractivity contribution < 1.29 is 9.84 Å². The summed E-state index contributed by atoms with van der Waals surface area (Å²) in [6.45, 7) is 4.28. The number of ether oxygens (including phenoxy) is 1. The Bertz CT molecular complexity index is 223. The highest BCUT2D eigenvalue weighted by Gasteiger charge is 2.64. The SMILES string of the molecule is C[C@@H]1N[C@H]1[C@@H]1O[C@H](O)[C@H]2[C@H](C)N21. The molecule has 68 valence electrons. The highest BCUT2D eigenvalue weighted by molar-refractivity contribution is 5.14. The van der Waals surface area contributed by atoms with Gasteiger partial charge in [-0.1, -0.05) is 0 Å². The molecule has 0 bridgehead atoms. The van der Waals surface area contributed by atoms with E-state index in [-0.39, 0.29) is 12.3 Å². The highest BCUT2D eigenvalue weighted by Crippen LogP contribution is 2.44. The second-order valence-corrected chi connectivity index (χ2v) is 4.08. The molecule has 3 aliphatic rings. The van der Waals surface area contributed by atoms with Crippen LogP contribution >= 0.6 is 0 Å². The average molecular weight is 170 g/mol. The zero-order valence-electron chi connectivity index (χ0n) is 7.27. The van der Waals surface area contributed by atoms with Gasteiger partial charge in [0.25, 0.3) is 0 Å². The summed E-state index contributed by atoms with van der Waals surface area (Å²) in [5, 5.41) is 12.7. The van der Waals surface area contributed by atoms with Gasteiger partial charge in [-0.3, -0.25) is 4.90 Å². The van der Waals surface area contributed by atoms with Crippen LogP contribution in [0.15, 0.2) is 0 Å². The molecular weight excluding hydrogens is 156 g/mol. The van der Waals surface area contributed by atoms with E-state index in [0.29, 0.717) is 18.1 Å². The summed E-state index contributed by atoms with van der Waals surface area (Å²) < 4.78 is 5.41. The van der Waals surface area contributed by atoms with Crippen LogP contribution in [0.4, 0.5) is 0 Å². The number of aliphatic hydroxyl groups is 1. The molecule has 0 saturated carbocycles. The number of nitrogens with one attached hydrogen (secondary N) is 1. The lowest BCUT2D eigenvalue weighted by atomic mass is 10.3. The maximum atomic E-state index is 9.45. The van der Waals surface area contributed by atoms with Crippen molar-refractivity contribution >= 4 is 0 Å². The molecule has 7 atom stereocenters. The molecule has 0 aromatic carbocycles. The van der Waals surface area contributed by atoms with Crippen LogP contribution in [0.5, 0.6) is 0 Å². The Labute approximate surface area is 71.5 Å². The summed E-state index contributed by atoms with van der Waals surface area (Å²) in [5.74, 6) is 0. The largest absolute Gasteiger partial charge is 0.366 e. The first kappa shape index (κ1) is 7.26. The van der Waals surface area contributed by atoms with Crippen molar-refractivity contribution in [2.45, 2.75) is 50.5 Å². The van der Waals surface area contributed by atoms with E-state index in [9.17, 15) is 5.11 Å². The van der Waals surface area contributed by atoms with Crippen molar-refractivity contribution in [1.29, 1.82) is 0 Å². The Morgan fingerprint density at radius 2 is 2.08 bits per heavy atom. The predicted molar refractivity (Wildman–Crippen MR) is 42.4 cm³/mol. The van der Waals surface area contributed by atoms with Crippen LogP contribution < -0.4 is 5.32 Å². The third kappa shape index (κ3) is 0.758. The molecule has 0 aromatic heterocycles. The fourth-order valence-electron chi connectivity index (χ4n) is 2.32. The van der Waals surface area contributed by atoms with Crippen molar-refractivity contribution in [1.82, 2.24) is 10.2 Å². The third-order valence-corrected chi connectivity index (χ3v) is 3.28. The van der Waals surface area contributed by atoms with Gasteiger partial charge in [-0.05, 0) is 13.8 Å². The van der Waals surface area contributed by atoms with Gasteiger partial charge in [0.05, 0.1) is 12.1 Å². The molecule has 2 N–H and O–H groups in total. The lowest BCUT2D eigenvalue weighted by Gasteiger charge is -2.14. The topological polar surface area (TPSA) is 54.4 Å². The van der Waals surface area contributed by atoms with Gasteiger partial charge in [0, 0.05) is 12.1 Å². The van der Waals surface area contributed by atoms with Crippen LogP contribution in [-0.4, -0.2) is 46.7 Å². The van der Waals surface area contributed by atoms with E-state index in [1.807, 2.05) is 0 Å². The Morgan fingerprint density at radius 1 is 1.42 bits per heavy atom. The van der Waals surface area contributed by atoms with E-state index in [1.165, 1.54) is 0 Å². The highest BCUT2D eigenvalue weighted by atomic mass is 16.6. The minimum absolute atomic E-state index is 0.120. The Hall–Kier alpha value is -0.160. The van der Waals surface area contributed by atoms with Crippen molar-refractivity contribution in [2.75, 3.05) is 0 Å². The molecule has 1 unspecified atom stereocenters. The molecule has 12 heavy (non-hydrogen) atoms. The van der Waals surface area contributed by atoms with Gasteiger partial charge in [0.15, 0.2) is 6.29 Å². The fraction of sp³-hybridized carbons (Fsp3) is 1.00. The monoisotopic (exact) mass is 170 g/mol. The zero-order valence-corrected chi connectivity index (χ0v) is 7.27. The van der Waals surface area contributed by atoms with E-state index in [0.717, 1.165) is 0 Å². The lowest BCUT2D eigenvalue weighted by molar-refractivity contribution is -0.116. The second-order valence-electron chi connectivity index (χ2n) is 4.08. The van der Waals surface area contributed by atoms with E-state index in [2.05, 4.69) is 24.1 Å². The average Bonchev–Trinajstić information content (AvgIpc) is 2.82. The van der Waals surface area contributed by atoms with Crippen molar-refractivity contribution in [2.24, 2.45) is 0 Å². The van der Waals surface area contributed by atoms with Gasteiger partial charge in [0.2, 0.25) is 0 Å². The first-order chi connectivity index (χ1) is 5.70. The van der Waals surface area contributed by atoms with Crippen molar-refractivity contribution in [3.05, 3.63) is 0 Å². The molecule has 3 saturated heterocycles. The number of hydrogen-bond acceptors (Lipinski definition) is 4. The van der Waals surface area contributed by atoms with E-state index in [4.69, 9.17) is 4.74 Å². The number of rotatable bonds is 1. The van der Waals surface area contributed by atoms with Crippen LogP contribution in [0, 0.1) is 0 Å². The van der Waals surface area contributed by atoms with Crippen LogP contribution in [0.1, 0.15) is 13.8 Å². The molecule has 0 amide bonds. The van der Waals surface area contributed by atoms with Gasteiger partial charge < -0.3 is 15.2 Å². The smallest absolute Gasteiger partial charge is 0.173 e. The molecular formula is C8H14N2O2. The Kier molecular flexibility index (Phi) is 1.22. The van der Waals surface area contributed by atoms with Crippen LogP contribution in [0.2, 0.25) is 0 Å². The zero-order chi connectivity index (χ0) is 8.46. The van der Waals surface area contributed by atoms with Crippen LogP contribution in [-0.2, 0) is 4.74 Å². The summed E-state index contributed by atoms with van der Waals surface area (Å²) in [5.41, 5.74) is 0. The molecule has 4 nitrogen and oxygen atoms in total. The molecule has 4 heteroatoms. The molecule has 0 aromatic rings. The summed E-state index contributed by atoms with van der Waals surface area (Å²) >= 11 is 0. The molecule has 3 aliphatic heterocycles. The Balaban J connectivity index is 1.74. The number of aliphatic hydroxyl groups excluding tert-OH is 1. The number of fused-ring (bicyclic) bond motifs is 1. The van der Waals surface area contributed by atoms with Gasteiger partial charge in [0.1, 0.15) is 6.23 Å². The first-order valence-electron chi connectivity index (χ1n) is 4.57. The molecule has 0 spiro atoms. The second kappa shape index (κ2) is 2.01. The van der Waals surface area contributed by atoms with E-state index < -0.39 is 6.29 Å². The maximum absolute atomic E-state index is 9.45.